The van der Waals surface area contributed by atoms with Crippen molar-refractivity contribution in [2.75, 3.05) is 0 Å². The Hall–Kier alpha value is -2.55. The predicted octanol–water partition coefficient (Wildman–Crippen LogP) is 4.00. The number of fused-ring (bicyclic) bond motifs is 1. The van der Waals surface area contributed by atoms with Crippen LogP contribution in [0.2, 0.25) is 0 Å². The summed E-state index contributed by atoms with van der Waals surface area (Å²) in [4.78, 5) is 11.5. The van der Waals surface area contributed by atoms with E-state index in [1.165, 1.54) is 5.56 Å². The molecule has 0 aliphatic rings. The first-order valence-electron chi connectivity index (χ1n) is 6.93. The van der Waals surface area contributed by atoms with Gasteiger partial charge in [-0.2, -0.15) is 0 Å². The molecule has 0 aliphatic heterocycles. The molecule has 1 aromatic heterocycles. The molecule has 0 unspecified atom stereocenters. The topological polar surface area (TPSA) is 42.2 Å². The van der Waals surface area contributed by atoms with E-state index < -0.39 is 5.97 Å². The zero-order valence-electron chi connectivity index (χ0n) is 12.1. The smallest absolute Gasteiger partial charge is 0.337 e. The average Bonchev–Trinajstić information content (AvgIpc) is 2.78. The lowest BCUT2D eigenvalue weighted by Gasteiger charge is -2.08. The summed E-state index contributed by atoms with van der Waals surface area (Å²) in [5.74, 6) is -0.885. The summed E-state index contributed by atoms with van der Waals surface area (Å²) >= 11 is 0. The van der Waals surface area contributed by atoms with E-state index in [9.17, 15) is 9.90 Å². The Morgan fingerprint density at radius 2 is 1.81 bits per heavy atom. The number of aryl methyl sites for hydroxylation is 2. The number of hydrogen-bond donors (Lipinski definition) is 1. The summed E-state index contributed by atoms with van der Waals surface area (Å²) < 4.78 is 2.03. The number of nitrogens with zero attached hydrogens (tertiary/aromatic N) is 1. The third-order valence-electron chi connectivity index (χ3n) is 3.80. The van der Waals surface area contributed by atoms with Crippen molar-refractivity contribution in [3.8, 4) is 0 Å². The molecule has 0 radical (unpaired) electrons. The van der Waals surface area contributed by atoms with Gasteiger partial charge in [0, 0.05) is 18.1 Å². The summed E-state index contributed by atoms with van der Waals surface area (Å²) in [6, 6.07) is 13.8. The van der Waals surface area contributed by atoms with Crippen molar-refractivity contribution in [1.82, 2.24) is 4.57 Å². The Balaban J connectivity index is 2.14. The molecule has 0 spiro atoms. The van der Waals surface area contributed by atoms with E-state index in [1.54, 1.807) is 12.1 Å². The summed E-state index contributed by atoms with van der Waals surface area (Å²) in [5.41, 5.74) is 4.63. The van der Waals surface area contributed by atoms with Crippen LogP contribution in [0.1, 0.15) is 27.0 Å². The molecule has 0 fully saturated rings. The molecule has 106 valence electrons. The Morgan fingerprint density at radius 1 is 1.10 bits per heavy atom. The lowest BCUT2D eigenvalue weighted by atomic mass is 10.1. The van der Waals surface area contributed by atoms with Gasteiger partial charge in [-0.25, -0.2) is 4.79 Å². The molecule has 0 aliphatic carbocycles. The van der Waals surface area contributed by atoms with Crippen LogP contribution < -0.4 is 0 Å². The zero-order chi connectivity index (χ0) is 15.0. The van der Waals surface area contributed by atoms with Crippen LogP contribution in [0, 0.1) is 13.8 Å². The minimum absolute atomic E-state index is 0.354. The van der Waals surface area contributed by atoms with Crippen molar-refractivity contribution in [2.45, 2.75) is 20.4 Å². The lowest BCUT2D eigenvalue weighted by molar-refractivity contribution is 0.0698. The molecule has 3 heteroatoms. The van der Waals surface area contributed by atoms with Gasteiger partial charge in [-0.05, 0) is 31.0 Å². The van der Waals surface area contributed by atoms with E-state index in [1.807, 2.05) is 23.8 Å². The summed E-state index contributed by atoms with van der Waals surface area (Å²) in [6.07, 6.45) is 2.02. The summed E-state index contributed by atoms with van der Waals surface area (Å²) in [6.45, 7) is 4.75. The van der Waals surface area contributed by atoms with Crippen LogP contribution in [0.15, 0.2) is 48.7 Å². The van der Waals surface area contributed by atoms with Crippen LogP contribution in [0.4, 0.5) is 0 Å². The van der Waals surface area contributed by atoms with Gasteiger partial charge < -0.3 is 9.67 Å². The molecule has 3 nitrogen and oxygen atoms in total. The molecule has 21 heavy (non-hydrogen) atoms. The van der Waals surface area contributed by atoms with E-state index in [4.69, 9.17) is 0 Å². The summed E-state index contributed by atoms with van der Waals surface area (Å²) in [7, 11) is 0. The van der Waals surface area contributed by atoms with E-state index in [-0.39, 0.29) is 0 Å². The second-order valence-electron chi connectivity index (χ2n) is 5.43. The molecule has 1 heterocycles. The van der Waals surface area contributed by atoms with Crippen LogP contribution in [-0.4, -0.2) is 15.6 Å². The van der Waals surface area contributed by atoms with Gasteiger partial charge in [-0.3, -0.25) is 0 Å². The predicted molar refractivity (Wildman–Crippen MR) is 83.9 cm³/mol. The minimum atomic E-state index is -0.885. The third-order valence-corrected chi connectivity index (χ3v) is 3.80. The van der Waals surface area contributed by atoms with Crippen molar-refractivity contribution in [3.05, 3.63) is 70.9 Å². The normalized spacial score (nSPS) is 11.0. The maximum Gasteiger partial charge on any atom is 0.337 e. The number of aromatic carboxylic acids is 1. The van der Waals surface area contributed by atoms with Crippen molar-refractivity contribution in [1.29, 1.82) is 0 Å². The molecule has 2 aromatic carbocycles. The molecule has 1 N–H and O–H groups in total. The quantitative estimate of drug-likeness (QED) is 0.787. The highest BCUT2D eigenvalue weighted by molar-refractivity contribution is 6.03. The monoisotopic (exact) mass is 279 g/mol. The van der Waals surface area contributed by atoms with Gasteiger partial charge in [0.05, 0.1) is 11.1 Å². The van der Waals surface area contributed by atoms with Gasteiger partial charge in [-0.15, -0.1) is 0 Å². The van der Waals surface area contributed by atoms with Gasteiger partial charge in [0.25, 0.3) is 0 Å². The van der Waals surface area contributed by atoms with E-state index >= 15 is 0 Å². The van der Waals surface area contributed by atoms with E-state index in [2.05, 4.69) is 31.2 Å². The Labute approximate surface area is 123 Å². The fourth-order valence-corrected chi connectivity index (χ4v) is 2.73. The first-order chi connectivity index (χ1) is 10.1. The minimum Gasteiger partial charge on any atom is -0.478 e. The molecule has 0 amide bonds. The number of hydrogen-bond acceptors (Lipinski definition) is 1. The zero-order valence-corrected chi connectivity index (χ0v) is 12.1. The number of carbonyl (C=O) groups is 1. The van der Waals surface area contributed by atoms with E-state index in [0.717, 1.165) is 22.0 Å². The first kappa shape index (κ1) is 13.4. The number of para-hydroxylation sites is 1. The molecular formula is C18H17NO2. The van der Waals surface area contributed by atoms with Crippen molar-refractivity contribution < 1.29 is 9.90 Å². The van der Waals surface area contributed by atoms with Gasteiger partial charge in [0.2, 0.25) is 0 Å². The summed E-state index contributed by atoms with van der Waals surface area (Å²) in [5, 5.41) is 10.4. The Bertz CT molecular complexity index is 813. The Morgan fingerprint density at radius 3 is 2.48 bits per heavy atom. The highest BCUT2D eigenvalue weighted by atomic mass is 16.4. The third kappa shape index (κ3) is 2.42. The molecule has 0 saturated carbocycles. The molecule has 3 aromatic rings. The molecular weight excluding hydrogens is 262 g/mol. The van der Waals surface area contributed by atoms with Crippen LogP contribution in [-0.2, 0) is 6.54 Å². The van der Waals surface area contributed by atoms with Gasteiger partial charge >= 0.3 is 5.97 Å². The number of carboxylic acid groups (broad SMARTS) is 1. The van der Waals surface area contributed by atoms with Crippen LogP contribution in [0.25, 0.3) is 10.9 Å². The average molecular weight is 279 g/mol. The second kappa shape index (κ2) is 5.09. The van der Waals surface area contributed by atoms with Crippen LogP contribution in [0.3, 0.4) is 0 Å². The molecule has 3 rings (SSSR count). The molecule has 0 atom stereocenters. The fourth-order valence-electron chi connectivity index (χ4n) is 2.73. The highest BCUT2D eigenvalue weighted by Crippen LogP contribution is 2.25. The largest absolute Gasteiger partial charge is 0.478 e. The SMILES string of the molecule is Cc1ccc(Cn2cc(C)c3cccc(C(=O)O)c32)cc1. The maximum atomic E-state index is 11.5. The van der Waals surface area contributed by atoms with Crippen molar-refractivity contribution in [3.63, 3.8) is 0 Å². The van der Waals surface area contributed by atoms with Crippen molar-refractivity contribution >= 4 is 16.9 Å². The van der Waals surface area contributed by atoms with Gasteiger partial charge in [0.1, 0.15) is 0 Å². The number of rotatable bonds is 3. The first-order valence-corrected chi connectivity index (χ1v) is 6.93. The lowest BCUT2D eigenvalue weighted by Crippen LogP contribution is -2.04. The number of aromatic nitrogens is 1. The molecule has 0 saturated heterocycles. The number of carboxylic acids is 1. The fraction of sp³-hybridized carbons (Fsp3) is 0.167. The maximum absolute atomic E-state index is 11.5. The van der Waals surface area contributed by atoms with E-state index in [0.29, 0.717) is 12.1 Å². The van der Waals surface area contributed by atoms with Crippen LogP contribution >= 0.6 is 0 Å². The highest BCUT2D eigenvalue weighted by Gasteiger charge is 2.14. The van der Waals surface area contributed by atoms with Gasteiger partial charge in [0.15, 0.2) is 0 Å². The molecule has 0 bridgehead atoms. The Kier molecular flexibility index (Phi) is 3.26. The van der Waals surface area contributed by atoms with Gasteiger partial charge in [-0.1, -0.05) is 42.0 Å². The second-order valence-corrected chi connectivity index (χ2v) is 5.43. The standard InChI is InChI=1S/C18H17NO2/c1-12-6-8-14(9-7-12)11-19-10-13(2)15-4-3-5-16(17(15)19)18(20)21/h3-10H,11H2,1-2H3,(H,20,21). The number of benzene rings is 2. The van der Waals surface area contributed by atoms with Crippen LogP contribution in [0.5, 0.6) is 0 Å². The van der Waals surface area contributed by atoms with Crippen molar-refractivity contribution in [2.24, 2.45) is 0 Å².